The molecule has 3 nitrogen and oxygen atoms in total. The Labute approximate surface area is 160 Å². The topological polar surface area (TPSA) is 9.72 Å². The first-order chi connectivity index (χ1) is 12.8. The van der Waals surface area contributed by atoms with Crippen molar-refractivity contribution >= 4 is 0 Å². The van der Waals surface area contributed by atoms with Crippen LogP contribution in [0.5, 0.6) is 0 Å². The summed E-state index contributed by atoms with van der Waals surface area (Å²) in [6.45, 7) is 14.3. The van der Waals surface area contributed by atoms with Crippen LogP contribution in [0.3, 0.4) is 0 Å². The van der Waals surface area contributed by atoms with Gasteiger partial charge in [-0.15, -0.1) is 0 Å². The normalized spacial score (nSPS) is 30.3. The maximum Gasteiger partial charge on any atom is 0.00256 e. The molecule has 0 aliphatic carbocycles. The Balaban J connectivity index is 1.09. The maximum absolute atomic E-state index is 2.75. The number of fused-ring (bicyclic) bond motifs is 1. The highest BCUT2D eigenvalue weighted by molar-refractivity contribution is 5.15. The molecular weight excluding hydrogens is 318 g/mol. The molecule has 3 unspecified atom stereocenters. The van der Waals surface area contributed by atoms with Gasteiger partial charge in [0.15, 0.2) is 0 Å². The first kappa shape index (κ1) is 18.5. The number of hydrogen-bond donors (Lipinski definition) is 0. The molecule has 0 aromatic heterocycles. The van der Waals surface area contributed by atoms with Crippen LogP contribution in [0.1, 0.15) is 31.7 Å². The van der Waals surface area contributed by atoms with E-state index >= 15 is 0 Å². The number of unbranched alkanes of at least 4 members (excludes halogenated alkanes) is 1. The Kier molecular flexibility index (Phi) is 6.29. The zero-order valence-corrected chi connectivity index (χ0v) is 16.7. The van der Waals surface area contributed by atoms with Gasteiger partial charge in [-0.1, -0.05) is 37.3 Å². The molecule has 3 aliphatic rings. The van der Waals surface area contributed by atoms with Crippen molar-refractivity contribution in [3.05, 3.63) is 35.9 Å². The molecule has 0 bridgehead atoms. The molecule has 144 valence electrons. The van der Waals surface area contributed by atoms with Crippen molar-refractivity contribution in [2.24, 2.45) is 17.8 Å². The van der Waals surface area contributed by atoms with E-state index in [1.54, 1.807) is 0 Å². The molecule has 3 aliphatic heterocycles. The predicted molar refractivity (Wildman–Crippen MR) is 109 cm³/mol. The lowest BCUT2D eigenvalue weighted by Gasteiger charge is -2.21. The van der Waals surface area contributed by atoms with E-state index in [9.17, 15) is 0 Å². The molecule has 3 heterocycles. The van der Waals surface area contributed by atoms with Crippen LogP contribution < -0.4 is 0 Å². The Hall–Kier alpha value is -0.900. The first-order valence-electron chi connectivity index (χ1n) is 11.0. The van der Waals surface area contributed by atoms with E-state index in [1.165, 1.54) is 90.1 Å². The lowest BCUT2D eigenvalue weighted by molar-refractivity contribution is 0.251. The Morgan fingerprint density at radius 3 is 2.15 bits per heavy atom. The minimum absolute atomic E-state index is 0.872. The van der Waals surface area contributed by atoms with Crippen LogP contribution in [-0.2, 0) is 6.42 Å². The average molecular weight is 356 g/mol. The van der Waals surface area contributed by atoms with E-state index in [1.807, 2.05) is 0 Å². The van der Waals surface area contributed by atoms with Gasteiger partial charge in [0.1, 0.15) is 0 Å². The standard InChI is InChI=1S/C23H37N3/c1-2-24-16-22-18-26(19-23(22)17-24)12-7-6-11-25-13-10-21(15-25)14-20-8-4-3-5-9-20/h3-5,8-9,21-23H,2,6-7,10-19H2,1H3. The van der Waals surface area contributed by atoms with Gasteiger partial charge >= 0.3 is 0 Å². The van der Waals surface area contributed by atoms with Gasteiger partial charge in [-0.3, -0.25) is 0 Å². The van der Waals surface area contributed by atoms with Gasteiger partial charge in [0.25, 0.3) is 0 Å². The lowest BCUT2D eigenvalue weighted by atomic mass is 9.99. The van der Waals surface area contributed by atoms with Crippen LogP contribution in [0.4, 0.5) is 0 Å². The highest BCUT2D eigenvalue weighted by Gasteiger charge is 2.38. The number of nitrogens with zero attached hydrogens (tertiary/aromatic N) is 3. The molecule has 3 atom stereocenters. The summed E-state index contributed by atoms with van der Waals surface area (Å²) < 4.78 is 0. The van der Waals surface area contributed by atoms with Crippen LogP contribution in [0.2, 0.25) is 0 Å². The van der Waals surface area contributed by atoms with Crippen molar-refractivity contribution in [3.8, 4) is 0 Å². The monoisotopic (exact) mass is 355 g/mol. The summed E-state index contributed by atoms with van der Waals surface area (Å²) in [5.41, 5.74) is 1.51. The molecule has 3 fully saturated rings. The summed E-state index contributed by atoms with van der Waals surface area (Å²) in [5, 5.41) is 0. The van der Waals surface area contributed by atoms with Crippen LogP contribution in [0.25, 0.3) is 0 Å². The second kappa shape index (κ2) is 8.86. The molecule has 0 saturated carbocycles. The summed E-state index contributed by atoms with van der Waals surface area (Å²) >= 11 is 0. The van der Waals surface area contributed by atoms with Gasteiger partial charge < -0.3 is 14.7 Å². The minimum atomic E-state index is 0.872. The van der Waals surface area contributed by atoms with E-state index in [0.717, 1.165) is 17.8 Å². The third-order valence-electron chi connectivity index (χ3n) is 7.02. The molecule has 3 saturated heterocycles. The highest BCUT2D eigenvalue weighted by Crippen LogP contribution is 2.30. The number of rotatable bonds is 8. The van der Waals surface area contributed by atoms with E-state index in [4.69, 9.17) is 0 Å². The molecular formula is C23H37N3. The fraction of sp³-hybridized carbons (Fsp3) is 0.739. The molecule has 0 amide bonds. The van der Waals surface area contributed by atoms with E-state index < -0.39 is 0 Å². The second-order valence-corrected chi connectivity index (χ2v) is 8.98. The molecule has 1 aromatic carbocycles. The Morgan fingerprint density at radius 1 is 0.808 bits per heavy atom. The fourth-order valence-corrected chi connectivity index (χ4v) is 5.53. The largest absolute Gasteiger partial charge is 0.303 e. The van der Waals surface area contributed by atoms with Crippen molar-refractivity contribution in [3.63, 3.8) is 0 Å². The highest BCUT2D eigenvalue weighted by atomic mass is 15.2. The van der Waals surface area contributed by atoms with E-state index in [2.05, 4.69) is 52.0 Å². The second-order valence-electron chi connectivity index (χ2n) is 8.98. The lowest BCUT2D eigenvalue weighted by Crippen LogP contribution is -2.30. The first-order valence-corrected chi connectivity index (χ1v) is 11.0. The molecule has 3 heteroatoms. The van der Waals surface area contributed by atoms with Crippen LogP contribution in [0.15, 0.2) is 30.3 Å². The molecule has 0 N–H and O–H groups in total. The van der Waals surface area contributed by atoms with E-state index in [0.29, 0.717) is 0 Å². The number of benzene rings is 1. The third-order valence-corrected chi connectivity index (χ3v) is 7.02. The Bertz CT molecular complexity index is 532. The third kappa shape index (κ3) is 4.68. The van der Waals surface area contributed by atoms with Gasteiger partial charge in [0, 0.05) is 32.7 Å². The SMILES string of the molecule is CCN1CC2CN(CCCCN3CCC(Cc4ccccc4)C3)CC2C1. The van der Waals surface area contributed by atoms with Crippen molar-refractivity contribution in [2.75, 3.05) is 58.9 Å². The smallest absolute Gasteiger partial charge is 0.00256 e. The summed E-state index contributed by atoms with van der Waals surface area (Å²) in [7, 11) is 0. The minimum Gasteiger partial charge on any atom is -0.303 e. The molecule has 4 rings (SSSR count). The predicted octanol–water partition coefficient (Wildman–Crippen LogP) is 3.21. The summed E-state index contributed by atoms with van der Waals surface area (Å²) in [4.78, 5) is 8.11. The quantitative estimate of drug-likeness (QED) is 0.663. The zero-order chi connectivity index (χ0) is 17.8. The van der Waals surface area contributed by atoms with E-state index in [-0.39, 0.29) is 0 Å². The molecule has 1 aromatic rings. The van der Waals surface area contributed by atoms with Crippen LogP contribution in [0, 0.1) is 17.8 Å². The van der Waals surface area contributed by atoms with Crippen molar-refractivity contribution < 1.29 is 0 Å². The molecule has 0 radical (unpaired) electrons. The van der Waals surface area contributed by atoms with Crippen LogP contribution >= 0.6 is 0 Å². The van der Waals surface area contributed by atoms with Crippen LogP contribution in [-0.4, -0.2) is 73.6 Å². The summed E-state index contributed by atoms with van der Waals surface area (Å²) in [6, 6.07) is 11.0. The molecule has 26 heavy (non-hydrogen) atoms. The van der Waals surface area contributed by atoms with Gasteiger partial charge in [0.2, 0.25) is 0 Å². The number of hydrogen-bond acceptors (Lipinski definition) is 3. The number of likely N-dealkylation sites (tertiary alicyclic amines) is 3. The maximum atomic E-state index is 2.75. The summed E-state index contributed by atoms with van der Waals surface area (Å²) in [5.74, 6) is 2.80. The average Bonchev–Trinajstić information content (AvgIpc) is 3.34. The van der Waals surface area contributed by atoms with Crippen molar-refractivity contribution in [1.82, 2.24) is 14.7 Å². The molecule has 0 spiro atoms. The summed E-state index contributed by atoms with van der Waals surface area (Å²) in [6.07, 6.45) is 5.42. The van der Waals surface area contributed by atoms with Crippen molar-refractivity contribution in [2.45, 2.75) is 32.6 Å². The van der Waals surface area contributed by atoms with Gasteiger partial charge in [-0.25, -0.2) is 0 Å². The van der Waals surface area contributed by atoms with Gasteiger partial charge in [0.05, 0.1) is 0 Å². The van der Waals surface area contributed by atoms with Gasteiger partial charge in [-0.05, 0) is 75.2 Å². The van der Waals surface area contributed by atoms with Gasteiger partial charge in [-0.2, -0.15) is 0 Å². The van der Waals surface area contributed by atoms with Crippen molar-refractivity contribution in [1.29, 1.82) is 0 Å². The Morgan fingerprint density at radius 2 is 1.46 bits per heavy atom. The fourth-order valence-electron chi connectivity index (χ4n) is 5.53. The zero-order valence-electron chi connectivity index (χ0n) is 16.7.